The normalized spacial score (nSPS) is 17.4. The van der Waals surface area contributed by atoms with Gasteiger partial charge in [0.25, 0.3) is 0 Å². The molecule has 16 heavy (non-hydrogen) atoms. The minimum absolute atomic E-state index is 0.166. The SMILES string of the molecule is Cc1ccc(F)cc1CNCC1(CCl)CC1. The zero-order valence-corrected chi connectivity index (χ0v) is 10.3. The molecule has 0 atom stereocenters. The maximum atomic E-state index is 13.0. The first kappa shape index (κ1) is 11.9. The number of hydrogen-bond acceptors (Lipinski definition) is 1. The molecule has 1 aliphatic rings. The van der Waals surface area contributed by atoms with Crippen molar-refractivity contribution < 1.29 is 4.39 Å². The second-order valence-corrected chi connectivity index (χ2v) is 5.08. The third-order valence-electron chi connectivity index (χ3n) is 3.37. The minimum Gasteiger partial charge on any atom is -0.312 e. The summed E-state index contributed by atoms with van der Waals surface area (Å²) in [5.74, 6) is 0.558. The lowest BCUT2D eigenvalue weighted by Gasteiger charge is -2.13. The molecule has 0 heterocycles. The van der Waals surface area contributed by atoms with Crippen LogP contribution >= 0.6 is 11.6 Å². The molecular formula is C13H17ClFN. The third-order valence-corrected chi connectivity index (χ3v) is 3.93. The third kappa shape index (κ3) is 2.74. The number of nitrogens with one attached hydrogen (secondary N) is 1. The van der Waals surface area contributed by atoms with Crippen LogP contribution in [-0.4, -0.2) is 12.4 Å². The molecular weight excluding hydrogens is 225 g/mol. The van der Waals surface area contributed by atoms with Crippen molar-refractivity contribution in [3.05, 3.63) is 35.1 Å². The summed E-state index contributed by atoms with van der Waals surface area (Å²) in [4.78, 5) is 0. The Hall–Kier alpha value is -0.600. The molecule has 2 rings (SSSR count). The van der Waals surface area contributed by atoms with Gasteiger partial charge in [-0.05, 0) is 48.4 Å². The number of alkyl halides is 1. The van der Waals surface area contributed by atoms with Crippen LogP contribution in [0.2, 0.25) is 0 Å². The summed E-state index contributed by atoms with van der Waals surface area (Å²) in [5.41, 5.74) is 2.48. The first-order valence-electron chi connectivity index (χ1n) is 5.67. The molecule has 0 aliphatic heterocycles. The van der Waals surface area contributed by atoms with Crippen molar-refractivity contribution in [1.82, 2.24) is 5.32 Å². The summed E-state index contributed by atoms with van der Waals surface area (Å²) in [6.45, 7) is 3.67. The Labute approximate surface area is 101 Å². The Morgan fingerprint density at radius 3 is 2.81 bits per heavy atom. The average Bonchev–Trinajstić information content (AvgIpc) is 3.04. The standard InChI is InChI=1S/C13H17ClFN/c1-10-2-3-12(15)6-11(10)7-16-9-13(8-14)4-5-13/h2-3,6,16H,4-5,7-9H2,1H3. The van der Waals surface area contributed by atoms with Crippen LogP contribution in [0.15, 0.2) is 18.2 Å². The van der Waals surface area contributed by atoms with E-state index in [0.29, 0.717) is 5.41 Å². The van der Waals surface area contributed by atoms with E-state index in [1.165, 1.54) is 18.9 Å². The molecule has 3 heteroatoms. The highest BCUT2D eigenvalue weighted by atomic mass is 35.5. The minimum atomic E-state index is -0.166. The first-order valence-corrected chi connectivity index (χ1v) is 6.20. The van der Waals surface area contributed by atoms with Gasteiger partial charge in [-0.15, -0.1) is 11.6 Å². The first-order chi connectivity index (χ1) is 7.65. The van der Waals surface area contributed by atoms with Gasteiger partial charge in [0.1, 0.15) is 5.82 Å². The van der Waals surface area contributed by atoms with Gasteiger partial charge in [0.05, 0.1) is 0 Å². The van der Waals surface area contributed by atoms with Gasteiger partial charge >= 0.3 is 0 Å². The summed E-state index contributed by atoms with van der Waals surface area (Å²) in [6, 6.07) is 4.92. The monoisotopic (exact) mass is 241 g/mol. The number of rotatable bonds is 5. The molecule has 1 saturated carbocycles. The molecule has 1 aromatic rings. The quantitative estimate of drug-likeness (QED) is 0.781. The summed E-state index contributed by atoms with van der Waals surface area (Å²) in [7, 11) is 0. The molecule has 0 amide bonds. The number of hydrogen-bond donors (Lipinski definition) is 1. The highest BCUT2D eigenvalue weighted by Crippen LogP contribution is 2.45. The van der Waals surface area contributed by atoms with Gasteiger partial charge < -0.3 is 5.32 Å². The van der Waals surface area contributed by atoms with Gasteiger partial charge in [-0.3, -0.25) is 0 Å². The molecule has 0 bridgehead atoms. The average molecular weight is 242 g/mol. The van der Waals surface area contributed by atoms with Crippen molar-refractivity contribution in [3.8, 4) is 0 Å². The fourth-order valence-electron chi connectivity index (χ4n) is 1.83. The van der Waals surface area contributed by atoms with Crippen molar-refractivity contribution in [2.75, 3.05) is 12.4 Å². The fraction of sp³-hybridized carbons (Fsp3) is 0.538. The number of benzene rings is 1. The number of aryl methyl sites for hydroxylation is 1. The molecule has 1 fully saturated rings. The highest BCUT2D eigenvalue weighted by molar-refractivity contribution is 6.18. The lowest BCUT2D eigenvalue weighted by atomic mass is 10.1. The second kappa shape index (κ2) is 4.72. The van der Waals surface area contributed by atoms with Crippen molar-refractivity contribution in [3.63, 3.8) is 0 Å². The Balaban J connectivity index is 1.87. The maximum absolute atomic E-state index is 13.0. The van der Waals surface area contributed by atoms with E-state index in [1.54, 1.807) is 6.07 Å². The molecule has 0 aromatic heterocycles. The Bertz CT molecular complexity index is 374. The van der Waals surface area contributed by atoms with Crippen molar-refractivity contribution in [2.45, 2.75) is 26.3 Å². The van der Waals surface area contributed by atoms with Crippen LogP contribution in [0.5, 0.6) is 0 Å². The van der Waals surface area contributed by atoms with Crippen molar-refractivity contribution >= 4 is 11.6 Å². The summed E-state index contributed by atoms with van der Waals surface area (Å²) < 4.78 is 13.0. The molecule has 1 aromatic carbocycles. The van der Waals surface area contributed by atoms with E-state index in [2.05, 4.69) is 5.32 Å². The van der Waals surface area contributed by atoms with Crippen molar-refractivity contribution in [2.24, 2.45) is 5.41 Å². The molecule has 1 aliphatic carbocycles. The van der Waals surface area contributed by atoms with E-state index < -0.39 is 0 Å². The van der Waals surface area contributed by atoms with Crippen LogP contribution in [0, 0.1) is 18.2 Å². The van der Waals surface area contributed by atoms with E-state index in [1.807, 2.05) is 13.0 Å². The van der Waals surface area contributed by atoms with E-state index in [-0.39, 0.29) is 5.82 Å². The molecule has 0 radical (unpaired) electrons. The van der Waals surface area contributed by atoms with Crippen LogP contribution in [0.4, 0.5) is 4.39 Å². The van der Waals surface area contributed by atoms with Crippen LogP contribution in [0.3, 0.4) is 0 Å². The van der Waals surface area contributed by atoms with Gasteiger partial charge in [0.2, 0.25) is 0 Å². The maximum Gasteiger partial charge on any atom is 0.123 e. The molecule has 0 unspecified atom stereocenters. The number of halogens is 2. The van der Waals surface area contributed by atoms with Crippen LogP contribution in [-0.2, 0) is 6.54 Å². The van der Waals surface area contributed by atoms with Gasteiger partial charge in [-0.2, -0.15) is 0 Å². The van der Waals surface area contributed by atoms with Crippen LogP contribution in [0.25, 0.3) is 0 Å². The smallest absolute Gasteiger partial charge is 0.123 e. The Morgan fingerprint density at radius 2 is 2.19 bits per heavy atom. The Kier molecular flexibility index (Phi) is 3.50. The Morgan fingerprint density at radius 1 is 1.44 bits per heavy atom. The molecule has 1 N–H and O–H groups in total. The van der Waals surface area contributed by atoms with E-state index in [4.69, 9.17) is 11.6 Å². The summed E-state index contributed by atoms with van der Waals surface area (Å²) >= 11 is 5.89. The lowest BCUT2D eigenvalue weighted by molar-refractivity contribution is 0.503. The van der Waals surface area contributed by atoms with Gasteiger partial charge in [-0.1, -0.05) is 6.07 Å². The second-order valence-electron chi connectivity index (χ2n) is 4.81. The summed E-state index contributed by atoms with van der Waals surface area (Å²) in [6.07, 6.45) is 2.43. The zero-order valence-electron chi connectivity index (χ0n) is 9.52. The van der Waals surface area contributed by atoms with E-state index in [0.717, 1.165) is 30.1 Å². The topological polar surface area (TPSA) is 12.0 Å². The molecule has 0 spiro atoms. The highest BCUT2D eigenvalue weighted by Gasteiger charge is 2.41. The van der Waals surface area contributed by atoms with Gasteiger partial charge in [0, 0.05) is 19.0 Å². The van der Waals surface area contributed by atoms with Crippen molar-refractivity contribution in [1.29, 1.82) is 0 Å². The fourth-order valence-corrected chi connectivity index (χ4v) is 2.19. The van der Waals surface area contributed by atoms with Crippen LogP contribution < -0.4 is 5.32 Å². The predicted octanol–water partition coefficient (Wildman–Crippen LogP) is 3.24. The van der Waals surface area contributed by atoms with Crippen LogP contribution in [0.1, 0.15) is 24.0 Å². The van der Waals surface area contributed by atoms with Gasteiger partial charge in [-0.25, -0.2) is 4.39 Å². The van der Waals surface area contributed by atoms with E-state index in [9.17, 15) is 4.39 Å². The largest absolute Gasteiger partial charge is 0.312 e. The summed E-state index contributed by atoms with van der Waals surface area (Å²) in [5, 5.41) is 3.37. The molecule has 0 saturated heterocycles. The zero-order chi connectivity index (χ0) is 11.6. The van der Waals surface area contributed by atoms with Gasteiger partial charge in [0.15, 0.2) is 0 Å². The van der Waals surface area contributed by atoms with E-state index >= 15 is 0 Å². The molecule has 88 valence electrons. The molecule has 1 nitrogen and oxygen atoms in total. The lowest BCUT2D eigenvalue weighted by Crippen LogP contribution is -2.25. The predicted molar refractivity (Wildman–Crippen MR) is 65.2 cm³/mol.